The Morgan fingerprint density at radius 1 is 1.19 bits per heavy atom. The summed E-state index contributed by atoms with van der Waals surface area (Å²) in [6, 6.07) is 10.0. The Labute approximate surface area is 148 Å². The van der Waals surface area contributed by atoms with Gasteiger partial charge in [0.15, 0.2) is 11.9 Å². The van der Waals surface area contributed by atoms with Crippen LogP contribution in [-0.4, -0.2) is 30.0 Å². The topological polar surface area (TPSA) is 134 Å². The molecule has 0 fully saturated rings. The molecule has 136 valence electrons. The number of nitrogens with two attached hydrogens (primary N) is 1. The van der Waals surface area contributed by atoms with E-state index in [1.54, 1.807) is 0 Å². The van der Waals surface area contributed by atoms with E-state index in [1.165, 1.54) is 56.5 Å². The van der Waals surface area contributed by atoms with Crippen molar-refractivity contribution in [3.05, 3.63) is 58.1 Å². The fraction of sp³-hybridized carbons (Fsp3) is 0.176. The molecule has 0 aromatic heterocycles. The quantitative estimate of drug-likeness (QED) is 0.574. The first-order chi connectivity index (χ1) is 12.3. The maximum absolute atomic E-state index is 12.2. The van der Waals surface area contributed by atoms with Crippen LogP contribution in [0.25, 0.3) is 0 Å². The number of hydrogen-bond acceptors (Lipinski definition) is 6. The zero-order valence-corrected chi connectivity index (χ0v) is 14.1. The highest BCUT2D eigenvalue weighted by molar-refractivity contribution is 5.96. The van der Waals surface area contributed by atoms with Crippen LogP contribution >= 0.6 is 0 Å². The lowest BCUT2D eigenvalue weighted by molar-refractivity contribution is -0.386. The van der Waals surface area contributed by atoms with Gasteiger partial charge in [0, 0.05) is 11.3 Å². The summed E-state index contributed by atoms with van der Waals surface area (Å²) in [6.07, 6.45) is -1.00. The highest BCUT2D eigenvalue weighted by Crippen LogP contribution is 2.31. The van der Waals surface area contributed by atoms with Gasteiger partial charge in [0.1, 0.15) is 5.75 Å². The molecular formula is C17H17N3O6. The van der Waals surface area contributed by atoms with Crippen molar-refractivity contribution in [1.29, 1.82) is 0 Å². The van der Waals surface area contributed by atoms with Gasteiger partial charge in [-0.1, -0.05) is 0 Å². The third-order valence-corrected chi connectivity index (χ3v) is 3.47. The largest absolute Gasteiger partial charge is 0.496 e. The van der Waals surface area contributed by atoms with Gasteiger partial charge in [-0.25, -0.2) is 0 Å². The number of benzene rings is 2. The summed E-state index contributed by atoms with van der Waals surface area (Å²) in [5.41, 5.74) is 5.57. The van der Waals surface area contributed by atoms with Crippen LogP contribution in [0, 0.1) is 10.1 Å². The summed E-state index contributed by atoms with van der Waals surface area (Å²) in [7, 11) is 1.39. The molecule has 1 atom stereocenters. The van der Waals surface area contributed by atoms with Gasteiger partial charge in [0.25, 0.3) is 5.91 Å². The molecule has 0 aliphatic carbocycles. The maximum Gasteiger partial charge on any atom is 0.314 e. The summed E-state index contributed by atoms with van der Waals surface area (Å²) < 4.78 is 10.4. The molecule has 0 saturated carbocycles. The van der Waals surface area contributed by atoms with Gasteiger partial charge in [0.05, 0.1) is 18.1 Å². The molecule has 2 amide bonds. The van der Waals surface area contributed by atoms with Gasteiger partial charge in [-0.2, -0.15) is 0 Å². The molecule has 3 N–H and O–H groups in total. The molecule has 9 heteroatoms. The lowest BCUT2D eigenvalue weighted by Gasteiger charge is -2.15. The van der Waals surface area contributed by atoms with Crippen molar-refractivity contribution >= 4 is 23.2 Å². The van der Waals surface area contributed by atoms with E-state index in [4.69, 9.17) is 15.2 Å². The van der Waals surface area contributed by atoms with Crippen LogP contribution < -0.4 is 20.5 Å². The average molecular weight is 359 g/mol. The van der Waals surface area contributed by atoms with Crippen molar-refractivity contribution in [2.75, 3.05) is 12.4 Å². The molecule has 26 heavy (non-hydrogen) atoms. The van der Waals surface area contributed by atoms with Gasteiger partial charge >= 0.3 is 5.69 Å². The standard InChI is InChI=1S/C17H17N3O6/c1-10(17(22)19-12-5-3-11(4-6-12)16(18)21)26-15-8-7-13(25-2)9-14(15)20(23)24/h3-10H,1-2H3,(H2,18,21)(H,19,22)/t10-/m0/s1. The lowest BCUT2D eigenvalue weighted by Crippen LogP contribution is -2.30. The van der Waals surface area contributed by atoms with Gasteiger partial charge in [0.2, 0.25) is 5.91 Å². The number of nitrogens with one attached hydrogen (secondary N) is 1. The van der Waals surface area contributed by atoms with Crippen molar-refractivity contribution in [1.82, 2.24) is 0 Å². The minimum Gasteiger partial charge on any atom is -0.496 e. The minimum atomic E-state index is -1.00. The highest BCUT2D eigenvalue weighted by atomic mass is 16.6. The van der Waals surface area contributed by atoms with Crippen LogP contribution in [0.5, 0.6) is 11.5 Å². The van der Waals surface area contributed by atoms with Crippen LogP contribution in [-0.2, 0) is 4.79 Å². The van der Waals surface area contributed by atoms with Crippen molar-refractivity contribution in [3.63, 3.8) is 0 Å². The minimum absolute atomic E-state index is 0.0532. The molecule has 0 unspecified atom stereocenters. The number of amides is 2. The molecule has 2 aromatic rings. The Kier molecular flexibility index (Phi) is 5.74. The van der Waals surface area contributed by atoms with Crippen LogP contribution in [0.2, 0.25) is 0 Å². The first-order valence-corrected chi connectivity index (χ1v) is 7.51. The molecule has 2 rings (SSSR count). The molecule has 0 spiro atoms. The summed E-state index contributed by atoms with van der Waals surface area (Å²) >= 11 is 0. The van der Waals surface area contributed by atoms with E-state index in [9.17, 15) is 19.7 Å². The number of ether oxygens (including phenoxy) is 2. The fourth-order valence-corrected chi connectivity index (χ4v) is 2.07. The normalized spacial score (nSPS) is 11.3. The Morgan fingerprint density at radius 3 is 2.38 bits per heavy atom. The van der Waals surface area contributed by atoms with Crippen molar-refractivity contribution in [3.8, 4) is 11.5 Å². The monoisotopic (exact) mass is 359 g/mol. The Bertz CT molecular complexity index is 835. The first-order valence-electron chi connectivity index (χ1n) is 7.51. The van der Waals surface area contributed by atoms with E-state index < -0.39 is 22.8 Å². The first kappa shape index (κ1) is 18.7. The van der Waals surface area contributed by atoms with E-state index >= 15 is 0 Å². The summed E-state index contributed by atoms with van der Waals surface area (Å²) in [5, 5.41) is 13.7. The molecule has 0 aliphatic heterocycles. The van der Waals surface area contributed by atoms with Crippen molar-refractivity contribution in [2.45, 2.75) is 13.0 Å². The molecule has 0 saturated heterocycles. The molecule has 0 radical (unpaired) electrons. The van der Waals surface area contributed by atoms with Gasteiger partial charge in [-0.3, -0.25) is 19.7 Å². The number of rotatable bonds is 7. The lowest BCUT2D eigenvalue weighted by atomic mass is 10.2. The van der Waals surface area contributed by atoms with E-state index in [0.29, 0.717) is 17.0 Å². The summed E-state index contributed by atoms with van der Waals surface area (Å²) in [5.74, 6) is -0.841. The highest BCUT2D eigenvalue weighted by Gasteiger charge is 2.22. The number of methoxy groups -OCH3 is 1. The van der Waals surface area contributed by atoms with Crippen LogP contribution in [0.15, 0.2) is 42.5 Å². The van der Waals surface area contributed by atoms with Gasteiger partial charge in [-0.05, 0) is 43.3 Å². The van der Waals surface area contributed by atoms with Crippen LogP contribution in [0.3, 0.4) is 0 Å². The summed E-state index contributed by atoms with van der Waals surface area (Å²) in [6.45, 7) is 1.46. The predicted molar refractivity (Wildman–Crippen MR) is 93.3 cm³/mol. The second-order valence-corrected chi connectivity index (χ2v) is 5.28. The predicted octanol–water partition coefficient (Wildman–Crippen LogP) is 2.11. The number of nitrogens with zero attached hydrogens (tertiary/aromatic N) is 1. The second kappa shape index (κ2) is 7.97. The number of carbonyl (C=O) groups is 2. The third-order valence-electron chi connectivity index (χ3n) is 3.47. The number of anilines is 1. The van der Waals surface area contributed by atoms with Crippen molar-refractivity contribution < 1.29 is 24.0 Å². The number of carbonyl (C=O) groups excluding carboxylic acids is 2. The van der Waals surface area contributed by atoms with E-state index in [1.807, 2.05) is 0 Å². The zero-order valence-electron chi connectivity index (χ0n) is 14.1. The molecule has 2 aromatic carbocycles. The maximum atomic E-state index is 12.2. The third kappa shape index (κ3) is 4.47. The Balaban J connectivity index is 2.09. The zero-order chi connectivity index (χ0) is 19.3. The Morgan fingerprint density at radius 2 is 1.85 bits per heavy atom. The van der Waals surface area contributed by atoms with Crippen LogP contribution in [0.1, 0.15) is 17.3 Å². The molecule has 0 aliphatic rings. The fourth-order valence-electron chi connectivity index (χ4n) is 2.07. The molecule has 0 heterocycles. The van der Waals surface area contributed by atoms with Gasteiger partial charge in [-0.15, -0.1) is 0 Å². The molecule has 9 nitrogen and oxygen atoms in total. The molecular weight excluding hydrogens is 342 g/mol. The number of nitro groups is 1. The Hall–Kier alpha value is -3.62. The second-order valence-electron chi connectivity index (χ2n) is 5.28. The molecule has 0 bridgehead atoms. The number of primary amides is 1. The smallest absolute Gasteiger partial charge is 0.314 e. The van der Waals surface area contributed by atoms with E-state index in [0.717, 1.165) is 0 Å². The number of nitro benzene ring substituents is 1. The van der Waals surface area contributed by atoms with E-state index in [2.05, 4.69) is 5.32 Å². The average Bonchev–Trinajstić information content (AvgIpc) is 2.62. The van der Waals surface area contributed by atoms with Gasteiger partial charge < -0.3 is 20.5 Å². The van der Waals surface area contributed by atoms with Crippen LogP contribution in [0.4, 0.5) is 11.4 Å². The number of hydrogen-bond donors (Lipinski definition) is 2. The van der Waals surface area contributed by atoms with Crippen molar-refractivity contribution in [2.24, 2.45) is 5.73 Å². The summed E-state index contributed by atoms with van der Waals surface area (Å²) in [4.78, 5) is 33.8. The van der Waals surface area contributed by atoms with E-state index in [-0.39, 0.29) is 11.4 Å². The SMILES string of the molecule is COc1ccc(O[C@@H](C)C(=O)Nc2ccc(C(N)=O)cc2)c([N+](=O)[O-])c1.